The summed E-state index contributed by atoms with van der Waals surface area (Å²) in [6.07, 6.45) is 1.14. The van der Waals surface area contributed by atoms with E-state index in [9.17, 15) is 0 Å². The van der Waals surface area contributed by atoms with E-state index in [2.05, 4.69) is 39.5 Å². The van der Waals surface area contributed by atoms with Crippen molar-refractivity contribution in [2.24, 2.45) is 17.1 Å². The molecule has 0 radical (unpaired) electrons. The molecule has 1 atom stereocenters. The van der Waals surface area contributed by atoms with E-state index < -0.39 is 0 Å². The van der Waals surface area contributed by atoms with Gasteiger partial charge in [0.15, 0.2) is 0 Å². The first-order chi connectivity index (χ1) is 7.80. The van der Waals surface area contributed by atoms with Crippen molar-refractivity contribution < 1.29 is 4.74 Å². The van der Waals surface area contributed by atoms with Crippen molar-refractivity contribution in [3.05, 3.63) is 0 Å². The lowest BCUT2D eigenvalue weighted by Crippen LogP contribution is -2.46. The fourth-order valence-electron chi connectivity index (χ4n) is 2.17. The Balaban J connectivity index is 4.48. The molecule has 0 fully saturated rings. The monoisotopic (exact) mass is 244 g/mol. The van der Waals surface area contributed by atoms with Gasteiger partial charge in [-0.05, 0) is 17.8 Å². The van der Waals surface area contributed by atoms with Crippen LogP contribution >= 0.6 is 0 Å². The van der Waals surface area contributed by atoms with E-state index in [-0.39, 0.29) is 0 Å². The maximum absolute atomic E-state index is 5.95. The van der Waals surface area contributed by atoms with Gasteiger partial charge in [-0.2, -0.15) is 0 Å². The Morgan fingerprint density at radius 2 is 1.82 bits per heavy atom. The molecule has 17 heavy (non-hydrogen) atoms. The smallest absolute Gasteiger partial charge is 0.0589 e. The second kappa shape index (κ2) is 8.06. The molecule has 0 aliphatic rings. The Bertz CT molecular complexity index is 187. The van der Waals surface area contributed by atoms with Gasteiger partial charge in [0.2, 0.25) is 0 Å². The maximum atomic E-state index is 5.95. The summed E-state index contributed by atoms with van der Waals surface area (Å²) in [6.45, 7) is 14.9. The van der Waals surface area contributed by atoms with Gasteiger partial charge in [0, 0.05) is 32.8 Å². The minimum absolute atomic E-state index is 0.326. The molecular formula is C14H32N2O. The Morgan fingerprint density at radius 1 is 1.24 bits per heavy atom. The highest BCUT2D eigenvalue weighted by atomic mass is 16.5. The summed E-state index contributed by atoms with van der Waals surface area (Å²) in [6, 6.07) is 0.465. The molecule has 3 nitrogen and oxygen atoms in total. The minimum Gasteiger partial charge on any atom is -0.383 e. The molecule has 0 spiro atoms. The van der Waals surface area contributed by atoms with E-state index in [1.165, 1.54) is 0 Å². The largest absolute Gasteiger partial charge is 0.383 e. The summed E-state index contributed by atoms with van der Waals surface area (Å²) in [4.78, 5) is 2.49. The zero-order valence-electron chi connectivity index (χ0n) is 12.6. The summed E-state index contributed by atoms with van der Waals surface area (Å²) in [5.74, 6) is 0.667. The third-order valence-electron chi connectivity index (χ3n) is 2.82. The van der Waals surface area contributed by atoms with Gasteiger partial charge >= 0.3 is 0 Å². The van der Waals surface area contributed by atoms with Crippen LogP contribution in [0.5, 0.6) is 0 Å². The van der Waals surface area contributed by atoms with E-state index in [0.717, 1.165) is 32.7 Å². The molecule has 0 rings (SSSR count). The molecule has 0 amide bonds. The van der Waals surface area contributed by atoms with Crippen LogP contribution < -0.4 is 5.73 Å². The lowest BCUT2D eigenvalue weighted by molar-refractivity contribution is 0.0930. The van der Waals surface area contributed by atoms with Crippen LogP contribution in [0, 0.1) is 11.3 Å². The van der Waals surface area contributed by atoms with Crippen molar-refractivity contribution in [3.63, 3.8) is 0 Å². The molecule has 0 heterocycles. The number of hydrogen-bond donors (Lipinski definition) is 1. The molecule has 1 unspecified atom stereocenters. The quantitative estimate of drug-likeness (QED) is 0.712. The van der Waals surface area contributed by atoms with Crippen molar-refractivity contribution in [3.8, 4) is 0 Å². The number of rotatable bonds is 8. The standard InChI is InChI=1S/C14H32N2O/c1-12(2)11-16(7-8-17-6)13(10-15)9-14(3,4)5/h12-13H,7-11,15H2,1-6H3. The number of hydrogen-bond acceptors (Lipinski definition) is 3. The van der Waals surface area contributed by atoms with Crippen LogP contribution in [0.4, 0.5) is 0 Å². The Hall–Kier alpha value is -0.120. The van der Waals surface area contributed by atoms with Crippen LogP contribution in [0.2, 0.25) is 0 Å². The van der Waals surface area contributed by atoms with E-state index >= 15 is 0 Å². The first kappa shape index (κ1) is 16.9. The molecular weight excluding hydrogens is 212 g/mol. The second-order valence-corrected chi connectivity index (χ2v) is 6.54. The normalized spacial score (nSPS) is 14.6. The topological polar surface area (TPSA) is 38.5 Å². The van der Waals surface area contributed by atoms with Gasteiger partial charge in [-0.25, -0.2) is 0 Å². The minimum atomic E-state index is 0.326. The average molecular weight is 244 g/mol. The highest BCUT2D eigenvalue weighted by molar-refractivity contribution is 4.79. The van der Waals surface area contributed by atoms with E-state index in [1.807, 2.05) is 0 Å². The van der Waals surface area contributed by atoms with E-state index in [4.69, 9.17) is 10.5 Å². The molecule has 0 saturated carbocycles. The summed E-state index contributed by atoms with van der Waals surface area (Å²) in [5.41, 5.74) is 6.27. The van der Waals surface area contributed by atoms with Crippen molar-refractivity contribution in [2.75, 3.05) is 33.4 Å². The predicted molar refractivity (Wildman–Crippen MR) is 75.2 cm³/mol. The third-order valence-corrected chi connectivity index (χ3v) is 2.82. The number of methoxy groups -OCH3 is 1. The van der Waals surface area contributed by atoms with E-state index in [1.54, 1.807) is 7.11 Å². The van der Waals surface area contributed by atoms with Gasteiger partial charge in [-0.3, -0.25) is 4.90 Å². The lowest BCUT2D eigenvalue weighted by atomic mass is 9.87. The van der Waals surface area contributed by atoms with Crippen molar-refractivity contribution >= 4 is 0 Å². The summed E-state index contributed by atoms with van der Waals surface area (Å²) >= 11 is 0. The zero-order valence-corrected chi connectivity index (χ0v) is 12.6. The van der Waals surface area contributed by atoms with Gasteiger partial charge in [0.05, 0.1) is 6.61 Å². The Morgan fingerprint density at radius 3 is 2.18 bits per heavy atom. The summed E-state index contributed by atoms with van der Waals surface area (Å²) < 4.78 is 5.20. The highest BCUT2D eigenvalue weighted by Crippen LogP contribution is 2.23. The number of nitrogens with zero attached hydrogens (tertiary/aromatic N) is 1. The number of ether oxygens (including phenoxy) is 1. The molecule has 0 aromatic carbocycles. The fourth-order valence-corrected chi connectivity index (χ4v) is 2.17. The molecule has 0 bridgehead atoms. The van der Waals surface area contributed by atoms with Gasteiger partial charge < -0.3 is 10.5 Å². The molecule has 3 heteroatoms. The zero-order chi connectivity index (χ0) is 13.5. The summed E-state index contributed by atoms with van der Waals surface area (Å²) in [5, 5.41) is 0. The van der Waals surface area contributed by atoms with Crippen LogP contribution in [0.15, 0.2) is 0 Å². The maximum Gasteiger partial charge on any atom is 0.0589 e. The van der Waals surface area contributed by atoms with Crippen LogP contribution in [0.3, 0.4) is 0 Å². The molecule has 104 valence electrons. The van der Waals surface area contributed by atoms with Gasteiger partial charge in [0.1, 0.15) is 0 Å². The van der Waals surface area contributed by atoms with Crippen molar-refractivity contribution in [1.29, 1.82) is 0 Å². The highest BCUT2D eigenvalue weighted by Gasteiger charge is 2.23. The molecule has 0 aliphatic heterocycles. The van der Waals surface area contributed by atoms with Crippen LogP contribution in [0.25, 0.3) is 0 Å². The lowest BCUT2D eigenvalue weighted by Gasteiger charge is -2.36. The Kier molecular flexibility index (Phi) is 8.01. The first-order valence-corrected chi connectivity index (χ1v) is 6.73. The van der Waals surface area contributed by atoms with Crippen LogP contribution in [-0.2, 0) is 4.74 Å². The third kappa shape index (κ3) is 8.58. The van der Waals surface area contributed by atoms with Crippen molar-refractivity contribution in [1.82, 2.24) is 4.90 Å². The molecule has 0 saturated heterocycles. The van der Waals surface area contributed by atoms with E-state index in [0.29, 0.717) is 17.4 Å². The predicted octanol–water partition coefficient (Wildman–Crippen LogP) is 2.35. The molecule has 2 N–H and O–H groups in total. The number of nitrogens with two attached hydrogens (primary N) is 1. The molecule has 0 aromatic rings. The average Bonchev–Trinajstić information content (AvgIpc) is 2.19. The summed E-state index contributed by atoms with van der Waals surface area (Å²) in [7, 11) is 1.76. The SMILES string of the molecule is COCCN(CC(C)C)C(CN)CC(C)(C)C. The van der Waals surface area contributed by atoms with Gasteiger partial charge in [0.25, 0.3) is 0 Å². The first-order valence-electron chi connectivity index (χ1n) is 6.73. The fraction of sp³-hybridized carbons (Fsp3) is 1.00. The molecule has 0 aromatic heterocycles. The van der Waals surface area contributed by atoms with Gasteiger partial charge in [-0.1, -0.05) is 34.6 Å². The molecule has 0 aliphatic carbocycles. The van der Waals surface area contributed by atoms with Crippen molar-refractivity contribution in [2.45, 2.75) is 47.1 Å². The second-order valence-electron chi connectivity index (χ2n) is 6.54. The Labute approximate surface area is 108 Å². The van der Waals surface area contributed by atoms with Crippen LogP contribution in [0.1, 0.15) is 41.0 Å². The van der Waals surface area contributed by atoms with Crippen LogP contribution in [-0.4, -0.2) is 44.3 Å². The van der Waals surface area contributed by atoms with Gasteiger partial charge in [-0.15, -0.1) is 0 Å².